The highest BCUT2D eigenvalue weighted by molar-refractivity contribution is 6.30. The first-order valence-corrected chi connectivity index (χ1v) is 6.37. The van der Waals surface area contributed by atoms with Crippen LogP contribution in [0, 0.1) is 0 Å². The third kappa shape index (κ3) is 2.73. The number of aliphatic hydroxyl groups is 1. The quantitative estimate of drug-likeness (QED) is 0.901. The fourth-order valence-corrected chi connectivity index (χ4v) is 2.41. The van der Waals surface area contributed by atoms with Crippen molar-refractivity contribution in [1.82, 2.24) is 0 Å². The molecule has 1 unspecified atom stereocenters. The fourth-order valence-electron chi connectivity index (χ4n) is 2.25. The van der Waals surface area contributed by atoms with E-state index in [-0.39, 0.29) is 6.61 Å². The zero-order chi connectivity index (χ0) is 12.3. The van der Waals surface area contributed by atoms with Crippen molar-refractivity contribution in [1.29, 1.82) is 0 Å². The van der Waals surface area contributed by atoms with Crippen LogP contribution in [0.4, 0.5) is 5.69 Å². The molecule has 94 valence electrons. The molecule has 0 saturated carbocycles. The van der Waals surface area contributed by atoms with E-state index in [9.17, 15) is 5.11 Å². The van der Waals surface area contributed by atoms with Crippen LogP contribution in [0.1, 0.15) is 18.9 Å². The first-order chi connectivity index (χ1) is 8.26. The molecule has 1 saturated heterocycles. The van der Waals surface area contributed by atoms with Gasteiger partial charge >= 0.3 is 0 Å². The minimum absolute atomic E-state index is 0.0420. The molecule has 17 heavy (non-hydrogen) atoms. The summed E-state index contributed by atoms with van der Waals surface area (Å²) in [6.07, 6.45) is 1.03. The Bertz CT molecular complexity index is 384. The third-order valence-corrected chi connectivity index (χ3v) is 3.46. The summed E-state index contributed by atoms with van der Waals surface area (Å²) < 4.78 is 5.49. The second-order valence-electron chi connectivity index (χ2n) is 4.26. The van der Waals surface area contributed by atoms with Gasteiger partial charge in [0.15, 0.2) is 0 Å². The summed E-state index contributed by atoms with van der Waals surface area (Å²) in [5.41, 5.74) is 1.96. The van der Waals surface area contributed by atoms with E-state index in [4.69, 9.17) is 16.3 Å². The number of anilines is 1. The lowest BCUT2D eigenvalue weighted by molar-refractivity contribution is 0.0927. The van der Waals surface area contributed by atoms with Crippen LogP contribution in [0.15, 0.2) is 18.2 Å². The van der Waals surface area contributed by atoms with Gasteiger partial charge in [0, 0.05) is 22.8 Å². The Hall–Kier alpha value is -0.770. The number of rotatable bonds is 3. The Labute approximate surface area is 107 Å². The lowest BCUT2D eigenvalue weighted by Gasteiger charge is -2.38. The molecule has 0 aromatic heterocycles. The Morgan fingerprint density at radius 1 is 1.53 bits per heavy atom. The van der Waals surface area contributed by atoms with Crippen LogP contribution in [-0.4, -0.2) is 30.9 Å². The molecular formula is C13H18ClNO2. The predicted octanol–water partition coefficient (Wildman–Crippen LogP) is 2.45. The van der Waals surface area contributed by atoms with Crippen molar-refractivity contribution in [2.75, 3.05) is 24.7 Å². The number of hydrogen-bond donors (Lipinski definition) is 1. The molecule has 0 bridgehead atoms. The number of aliphatic hydroxyl groups excluding tert-OH is 1. The molecule has 4 heteroatoms. The molecule has 1 aromatic carbocycles. The molecule has 1 fully saturated rings. The molecular weight excluding hydrogens is 238 g/mol. The average molecular weight is 256 g/mol. The van der Waals surface area contributed by atoms with Crippen LogP contribution in [0.5, 0.6) is 0 Å². The molecule has 0 aliphatic carbocycles. The molecule has 1 aliphatic heterocycles. The molecule has 1 aliphatic rings. The van der Waals surface area contributed by atoms with Gasteiger partial charge in [-0.25, -0.2) is 0 Å². The van der Waals surface area contributed by atoms with Crippen LogP contribution in [-0.2, 0) is 11.3 Å². The van der Waals surface area contributed by atoms with Gasteiger partial charge in [0.25, 0.3) is 0 Å². The highest BCUT2D eigenvalue weighted by Gasteiger charge is 2.23. The van der Waals surface area contributed by atoms with E-state index in [0.717, 1.165) is 37.4 Å². The minimum atomic E-state index is 0.0420. The third-order valence-electron chi connectivity index (χ3n) is 3.23. The van der Waals surface area contributed by atoms with Crippen molar-refractivity contribution < 1.29 is 9.84 Å². The van der Waals surface area contributed by atoms with Gasteiger partial charge < -0.3 is 14.7 Å². The molecule has 0 spiro atoms. The van der Waals surface area contributed by atoms with Crippen LogP contribution in [0.3, 0.4) is 0 Å². The number of hydrogen-bond acceptors (Lipinski definition) is 3. The first kappa shape index (κ1) is 12.7. The van der Waals surface area contributed by atoms with Gasteiger partial charge in [-0.15, -0.1) is 0 Å². The van der Waals surface area contributed by atoms with E-state index in [2.05, 4.69) is 11.8 Å². The highest BCUT2D eigenvalue weighted by Crippen LogP contribution is 2.28. The molecule has 1 heterocycles. The highest BCUT2D eigenvalue weighted by atomic mass is 35.5. The van der Waals surface area contributed by atoms with E-state index in [1.165, 1.54) is 0 Å². The first-order valence-electron chi connectivity index (χ1n) is 6.00. The van der Waals surface area contributed by atoms with Crippen LogP contribution >= 0.6 is 11.6 Å². The summed E-state index contributed by atoms with van der Waals surface area (Å²) >= 11 is 6.04. The van der Waals surface area contributed by atoms with E-state index in [1.54, 1.807) is 0 Å². The lowest BCUT2D eigenvalue weighted by Crippen LogP contribution is -2.45. The lowest BCUT2D eigenvalue weighted by atomic mass is 10.1. The number of morpholine rings is 1. The summed E-state index contributed by atoms with van der Waals surface area (Å²) in [7, 11) is 0. The molecule has 1 N–H and O–H groups in total. The maximum atomic E-state index is 9.40. The SMILES string of the molecule is CCC1COCCN1c1cc(Cl)ccc1CO. The summed E-state index contributed by atoms with van der Waals surface area (Å²) in [5, 5.41) is 10.1. The van der Waals surface area contributed by atoms with Gasteiger partial charge in [-0.1, -0.05) is 24.6 Å². The summed E-state index contributed by atoms with van der Waals surface area (Å²) in [5.74, 6) is 0. The van der Waals surface area contributed by atoms with Crippen molar-refractivity contribution in [2.24, 2.45) is 0 Å². The van der Waals surface area contributed by atoms with Crippen molar-refractivity contribution in [3.8, 4) is 0 Å². The standard InChI is InChI=1S/C13H18ClNO2/c1-2-12-9-17-6-5-15(12)13-7-11(14)4-3-10(13)8-16/h3-4,7,12,16H,2,5-6,8-9H2,1H3. The largest absolute Gasteiger partial charge is 0.392 e. The van der Waals surface area contributed by atoms with Gasteiger partial charge in [-0.05, 0) is 18.6 Å². The maximum absolute atomic E-state index is 9.40. The van der Waals surface area contributed by atoms with Gasteiger partial charge in [0.1, 0.15) is 0 Å². The predicted molar refractivity (Wildman–Crippen MR) is 69.6 cm³/mol. The van der Waals surface area contributed by atoms with Crippen molar-refractivity contribution >= 4 is 17.3 Å². The summed E-state index contributed by atoms with van der Waals surface area (Å²) in [6.45, 7) is 4.52. The van der Waals surface area contributed by atoms with E-state index in [0.29, 0.717) is 11.1 Å². The van der Waals surface area contributed by atoms with E-state index >= 15 is 0 Å². The second-order valence-corrected chi connectivity index (χ2v) is 4.70. The van der Waals surface area contributed by atoms with Crippen LogP contribution < -0.4 is 4.90 Å². The van der Waals surface area contributed by atoms with Crippen molar-refractivity contribution in [3.63, 3.8) is 0 Å². The molecule has 2 rings (SSSR count). The zero-order valence-electron chi connectivity index (χ0n) is 10.0. The van der Waals surface area contributed by atoms with Crippen LogP contribution in [0.25, 0.3) is 0 Å². The topological polar surface area (TPSA) is 32.7 Å². The molecule has 1 atom stereocenters. The number of nitrogens with zero attached hydrogens (tertiary/aromatic N) is 1. The van der Waals surface area contributed by atoms with Gasteiger partial charge in [-0.2, -0.15) is 0 Å². The van der Waals surface area contributed by atoms with Gasteiger partial charge in [0.2, 0.25) is 0 Å². The normalized spacial score (nSPS) is 20.6. The van der Waals surface area contributed by atoms with E-state index < -0.39 is 0 Å². The number of ether oxygens (including phenoxy) is 1. The molecule has 3 nitrogen and oxygen atoms in total. The number of benzene rings is 1. The molecule has 0 radical (unpaired) electrons. The van der Waals surface area contributed by atoms with Crippen molar-refractivity contribution in [3.05, 3.63) is 28.8 Å². The average Bonchev–Trinajstić information content (AvgIpc) is 2.38. The molecule has 0 amide bonds. The molecule has 1 aromatic rings. The Balaban J connectivity index is 2.33. The maximum Gasteiger partial charge on any atom is 0.0702 e. The van der Waals surface area contributed by atoms with Gasteiger partial charge in [-0.3, -0.25) is 0 Å². The van der Waals surface area contributed by atoms with Crippen LogP contribution in [0.2, 0.25) is 5.02 Å². The smallest absolute Gasteiger partial charge is 0.0702 e. The van der Waals surface area contributed by atoms with Gasteiger partial charge in [0.05, 0.1) is 25.9 Å². The summed E-state index contributed by atoms with van der Waals surface area (Å²) in [6, 6.07) is 6.01. The van der Waals surface area contributed by atoms with E-state index in [1.807, 2.05) is 18.2 Å². The Morgan fingerprint density at radius 3 is 3.06 bits per heavy atom. The monoisotopic (exact) mass is 255 g/mol. The zero-order valence-corrected chi connectivity index (χ0v) is 10.8. The minimum Gasteiger partial charge on any atom is -0.392 e. The Morgan fingerprint density at radius 2 is 2.35 bits per heavy atom. The fraction of sp³-hybridized carbons (Fsp3) is 0.538. The summed E-state index contributed by atoms with van der Waals surface area (Å²) in [4.78, 5) is 2.29. The number of halogens is 1. The van der Waals surface area contributed by atoms with Crippen molar-refractivity contribution in [2.45, 2.75) is 26.0 Å². The Kier molecular flexibility index (Phi) is 4.26. The second kappa shape index (κ2) is 5.71.